The summed E-state index contributed by atoms with van der Waals surface area (Å²) in [5, 5.41) is 7.31. The van der Waals surface area contributed by atoms with E-state index in [1.54, 1.807) is 11.1 Å². The minimum atomic E-state index is 0.355. The molecule has 152 valence electrons. The fraction of sp³-hybridized carbons (Fsp3) is 0.760. The molecule has 27 heavy (non-hydrogen) atoms. The highest BCUT2D eigenvalue weighted by Gasteiger charge is 2.51. The van der Waals surface area contributed by atoms with Gasteiger partial charge in [-0.3, -0.25) is 0 Å². The number of benzene rings is 1. The fourth-order valence-corrected chi connectivity index (χ4v) is 6.04. The van der Waals surface area contributed by atoms with Crippen LogP contribution in [0.5, 0.6) is 0 Å². The van der Waals surface area contributed by atoms with Crippen molar-refractivity contribution in [2.75, 3.05) is 19.6 Å². The van der Waals surface area contributed by atoms with Gasteiger partial charge in [-0.15, -0.1) is 0 Å². The van der Waals surface area contributed by atoms with Crippen LogP contribution in [-0.2, 0) is 11.8 Å². The van der Waals surface area contributed by atoms with E-state index in [2.05, 4.69) is 70.4 Å². The molecule has 0 amide bonds. The maximum absolute atomic E-state index is 3.79. The van der Waals surface area contributed by atoms with Gasteiger partial charge in [-0.1, -0.05) is 66.2 Å². The molecule has 0 aromatic heterocycles. The van der Waals surface area contributed by atoms with Crippen LogP contribution in [0.3, 0.4) is 0 Å². The van der Waals surface area contributed by atoms with E-state index in [9.17, 15) is 0 Å². The molecule has 3 atom stereocenters. The van der Waals surface area contributed by atoms with Gasteiger partial charge in [0.05, 0.1) is 0 Å². The second-order valence-electron chi connectivity index (χ2n) is 10.4. The number of fused-ring (bicyclic) bond motifs is 3. The van der Waals surface area contributed by atoms with Gasteiger partial charge >= 0.3 is 0 Å². The van der Waals surface area contributed by atoms with E-state index < -0.39 is 0 Å². The van der Waals surface area contributed by atoms with Crippen LogP contribution in [0.15, 0.2) is 18.2 Å². The minimum absolute atomic E-state index is 0.355. The van der Waals surface area contributed by atoms with Crippen molar-refractivity contribution in [3.8, 4) is 0 Å². The van der Waals surface area contributed by atoms with Gasteiger partial charge in [0.15, 0.2) is 0 Å². The summed E-state index contributed by atoms with van der Waals surface area (Å²) in [6, 6.07) is 7.98. The fourth-order valence-electron chi connectivity index (χ4n) is 6.04. The van der Waals surface area contributed by atoms with Gasteiger partial charge in [-0.2, -0.15) is 0 Å². The molecule has 2 aliphatic rings. The van der Waals surface area contributed by atoms with Gasteiger partial charge in [-0.25, -0.2) is 0 Å². The molecule has 2 heteroatoms. The van der Waals surface area contributed by atoms with Gasteiger partial charge in [0, 0.05) is 25.7 Å². The van der Waals surface area contributed by atoms with Gasteiger partial charge < -0.3 is 10.6 Å². The van der Waals surface area contributed by atoms with E-state index >= 15 is 0 Å². The third-order valence-electron chi connectivity index (χ3n) is 7.55. The molecule has 2 nitrogen and oxygen atoms in total. The largest absolute Gasteiger partial charge is 0.315 e. The number of hydrogen-bond donors (Lipinski definition) is 2. The molecular formula is C25H42N2. The van der Waals surface area contributed by atoms with E-state index in [0.29, 0.717) is 22.8 Å². The molecule has 0 bridgehead atoms. The molecule has 1 saturated carbocycles. The zero-order valence-corrected chi connectivity index (χ0v) is 18.6. The molecule has 0 radical (unpaired) electrons. The minimum Gasteiger partial charge on any atom is -0.315 e. The van der Waals surface area contributed by atoms with Crippen molar-refractivity contribution in [3.05, 3.63) is 34.9 Å². The Bertz CT molecular complexity index is 635. The second-order valence-corrected chi connectivity index (χ2v) is 10.4. The van der Waals surface area contributed by atoms with Crippen LogP contribution in [0.2, 0.25) is 0 Å². The first-order valence-corrected chi connectivity index (χ1v) is 11.3. The molecular weight excluding hydrogens is 328 g/mol. The second kappa shape index (κ2) is 8.25. The first-order chi connectivity index (χ1) is 12.8. The molecule has 2 aliphatic carbocycles. The van der Waals surface area contributed by atoms with Crippen LogP contribution < -0.4 is 10.6 Å². The highest BCUT2D eigenvalue weighted by atomic mass is 15.0. The van der Waals surface area contributed by atoms with Crippen LogP contribution >= 0.6 is 0 Å². The average Bonchev–Trinajstić information content (AvgIpc) is 2.60. The van der Waals surface area contributed by atoms with Crippen molar-refractivity contribution in [2.45, 2.75) is 91.0 Å². The normalized spacial score (nSPS) is 30.4. The van der Waals surface area contributed by atoms with E-state index in [1.165, 1.54) is 37.7 Å². The maximum Gasteiger partial charge on any atom is 0.00790 e. The molecule has 0 aliphatic heterocycles. The van der Waals surface area contributed by atoms with Crippen molar-refractivity contribution in [2.24, 2.45) is 11.3 Å². The van der Waals surface area contributed by atoms with E-state index in [4.69, 9.17) is 0 Å². The summed E-state index contributed by atoms with van der Waals surface area (Å²) in [5.41, 5.74) is 5.58. The first kappa shape index (κ1) is 20.9. The van der Waals surface area contributed by atoms with Crippen LogP contribution in [0, 0.1) is 11.3 Å². The Kier molecular flexibility index (Phi) is 6.37. The highest BCUT2D eigenvalue weighted by molar-refractivity contribution is 5.42. The third-order valence-corrected chi connectivity index (χ3v) is 7.55. The standard InChI is InChI=1S/C25H42N2/c1-18(2)20-8-10-22-21(16-20)9-11-23-24(5,12-7-13-25(22,23)6)17-26-14-15-27-19(3)4/h8,10,16,18-19,23,26-27H,7,9,11-15,17H2,1-6H3/t23-,24-,25+/m0/s1. The average molecular weight is 371 g/mol. The van der Waals surface area contributed by atoms with Gasteiger partial charge in [-0.05, 0) is 65.0 Å². The Morgan fingerprint density at radius 2 is 1.85 bits per heavy atom. The third kappa shape index (κ3) is 4.27. The summed E-state index contributed by atoms with van der Waals surface area (Å²) in [4.78, 5) is 0. The monoisotopic (exact) mass is 370 g/mol. The number of rotatable bonds is 7. The quantitative estimate of drug-likeness (QED) is 0.627. The van der Waals surface area contributed by atoms with E-state index in [-0.39, 0.29) is 0 Å². The highest BCUT2D eigenvalue weighted by Crippen LogP contribution is 2.57. The van der Waals surface area contributed by atoms with Crippen LogP contribution in [0.4, 0.5) is 0 Å². The van der Waals surface area contributed by atoms with E-state index in [0.717, 1.165) is 25.6 Å². The van der Waals surface area contributed by atoms with Crippen molar-refractivity contribution in [3.63, 3.8) is 0 Å². The summed E-state index contributed by atoms with van der Waals surface area (Å²) in [7, 11) is 0. The molecule has 0 saturated heterocycles. The Morgan fingerprint density at radius 1 is 1.07 bits per heavy atom. The lowest BCUT2D eigenvalue weighted by molar-refractivity contribution is 0.0261. The van der Waals surface area contributed by atoms with Crippen LogP contribution in [-0.4, -0.2) is 25.7 Å². The first-order valence-electron chi connectivity index (χ1n) is 11.3. The van der Waals surface area contributed by atoms with Crippen molar-refractivity contribution in [1.82, 2.24) is 10.6 Å². The van der Waals surface area contributed by atoms with Gasteiger partial charge in [0.1, 0.15) is 0 Å². The number of aryl methyl sites for hydroxylation is 1. The lowest BCUT2D eigenvalue weighted by Crippen LogP contribution is -2.53. The predicted molar refractivity (Wildman–Crippen MR) is 118 cm³/mol. The predicted octanol–water partition coefficient (Wildman–Crippen LogP) is 5.41. The van der Waals surface area contributed by atoms with Crippen LogP contribution in [0.1, 0.15) is 89.8 Å². The Hall–Kier alpha value is -0.860. The van der Waals surface area contributed by atoms with Gasteiger partial charge in [0.25, 0.3) is 0 Å². The SMILES string of the molecule is CC(C)NCCNC[C@]1(C)CCC[C@]2(C)c3ccc(C(C)C)cc3CC[C@@H]12. The molecule has 2 N–H and O–H groups in total. The Labute approximate surface area is 167 Å². The van der Waals surface area contributed by atoms with Gasteiger partial charge in [0.2, 0.25) is 0 Å². The number of hydrogen-bond acceptors (Lipinski definition) is 2. The zero-order chi connectivity index (χ0) is 19.7. The van der Waals surface area contributed by atoms with Crippen molar-refractivity contribution in [1.29, 1.82) is 0 Å². The summed E-state index contributed by atoms with van der Waals surface area (Å²) in [6.07, 6.45) is 6.71. The van der Waals surface area contributed by atoms with Crippen molar-refractivity contribution < 1.29 is 0 Å². The van der Waals surface area contributed by atoms with Crippen LogP contribution in [0.25, 0.3) is 0 Å². The molecule has 3 rings (SSSR count). The lowest BCUT2D eigenvalue weighted by Gasteiger charge is -2.55. The summed E-state index contributed by atoms with van der Waals surface area (Å²) in [5.74, 6) is 1.42. The maximum atomic E-state index is 3.79. The molecule has 1 aromatic carbocycles. The Morgan fingerprint density at radius 3 is 2.56 bits per heavy atom. The molecule has 1 fully saturated rings. The Balaban J connectivity index is 1.75. The summed E-state index contributed by atoms with van der Waals surface area (Å²) < 4.78 is 0. The molecule has 0 spiro atoms. The molecule has 1 aromatic rings. The molecule has 0 unspecified atom stereocenters. The smallest absolute Gasteiger partial charge is 0.00790 e. The molecule has 0 heterocycles. The topological polar surface area (TPSA) is 24.1 Å². The number of nitrogens with one attached hydrogen (secondary N) is 2. The summed E-state index contributed by atoms with van der Waals surface area (Å²) >= 11 is 0. The summed E-state index contributed by atoms with van der Waals surface area (Å²) in [6.45, 7) is 17.5. The zero-order valence-electron chi connectivity index (χ0n) is 18.6. The van der Waals surface area contributed by atoms with E-state index in [1.807, 2.05) is 0 Å². The van der Waals surface area contributed by atoms with Crippen molar-refractivity contribution >= 4 is 0 Å². The lowest BCUT2D eigenvalue weighted by atomic mass is 9.49.